The zero-order chi connectivity index (χ0) is 13.2. The molecule has 0 saturated heterocycles. The zero-order valence-electron chi connectivity index (χ0n) is 10.0. The van der Waals surface area contributed by atoms with Crippen LogP contribution in [0.3, 0.4) is 0 Å². The van der Waals surface area contributed by atoms with E-state index in [2.05, 4.69) is 10.3 Å². The van der Waals surface area contributed by atoms with Crippen LogP contribution in [0.5, 0.6) is 0 Å². The fourth-order valence-electron chi connectivity index (χ4n) is 2.13. The highest BCUT2D eigenvalue weighted by atomic mass is 16.4. The fourth-order valence-corrected chi connectivity index (χ4v) is 2.13. The average Bonchev–Trinajstić information content (AvgIpc) is 2.85. The van der Waals surface area contributed by atoms with Crippen molar-refractivity contribution >= 4 is 16.7 Å². The molecule has 94 valence electrons. The molecule has 0 spiro atoms. The maximum atomic E-state index is 10.8. The molecule has 1 heterocycles. The third-order valence-electron chi connectivity index (χ3n) is 2.95. The molecule has 0 unspecified atom stereocenters. The Hall–Kier alpha value is -2.69. The number of rotatable bonds is 3. The SMILES string of the molecule is O=C(O)Cc1cnnn1-c1cccc2ccccc12. The summed E-state index contributed by atoms with van der Waals surface area (Å²) in [5, 5.41) is 18.8. The van der Waals surface area contributed by atoms with Gasteiger partial charge < -0.3 is 5.11 Å². The number of hydrogen-bond acceptors (Lipinski definition) is 3. The molecule has 0 radical (unpaired) electrons. The molecule has 3 aromatic rings. The molecule has 0 bridgehead atoms. The van der Waals surface area contributed by atoms with Crippen molar-refractivity contribution in [1.82, 2.24) is 15.0 Å². The van der Waals surface area contributed by atoms with Gasteiger partial charge in [-0.25, -0.2) is 4.68 Å². The number of nitrogens with zero attached hydrogens (tertiary/aromatic N) is 3. The van der Waals surface area contributed by atoms with Crippen LogP contribution in [-0.4, -0.2) is 26.1 Å². The Labute approximate surface area is 109 Å². The van der Waals surface area contributed by atoms with Gasteiger partial charge in [-0.15, -0.1) is 5.10 Å². The Bertz CT molecular complexity index is 744. The van der Waals surface area contributed by atoms with E-state index in [9.17, 15) is 4.79 Å². The Kier molecular flexibility index (Phi) is 2.72. The second kappa shape index (κ2) is 4.53. The molecule has 3 rings (SSSR count). The van der Waals surface area contributed by atoms with Crippen LogP contribution in [0.15, 0.2) is 48.7 Å². The van der Waals surface area contributed by atoms with E-state index >= 15 is 0 Å². The van der Waals surface area contributed by atoms with Crippen LogP contribution >= 0.6 is 0 Å². The summed E-state index contributed by atoms with van der Waals surface area (Å²) in [6.45, 7) is 0. The Balaban J connectivity index is 2.20. The van der Waals surface area contributed by atoms with Gasteiger partial charge in [-0.3, -0.25) is 4.79 Å². The van der Waals surface area contributed by atoms with Crippen LogP contribution in [-0.2, 0) is 11.2 Å². The van der Waals surface area contributed by atoms with Crippen molar-refractivity contribution in [2.24, 2.45) is 0 Å². The third kappa shape index (κ3) is 2.06. The standard InChI is InChI=1S/C14H11N3O2/c18-14(19)8-11-9-15-16-17(11)13-7-3-5-10-4-1-2-6-12(10)13/h1-7,9H,8H2,(H,18,19). The number of carbonyl (C=O) groups is 1. The Morgan fingerprint density at radius 1 is 1.16 bits per heavy atom. The van der Waals surface area contributed by atoms with Crippen LogP contribution in [0.25, 0.3) is 16.5 Å². The van der Waals surface area contributed by atoms with Crippen molar-refractivity contribution in [3.63, 3.8) is 0 Å². The number of aromatic nitrogens is 3. The summed E-state index contributed by atoms with van der Waals surface area (Å²) < 4.78 is 1.58. The smallest absolute Gasteiger partial charge is 0.309 e. The molecule has 0 aliphatic rings. The zero-order valence-corrected chi connectivity index (χ0v) is 10.0. The number of carboxylic acids is 1. The molecular formula is C14H11N3O2. The minimum Gasteiger partial charge on any atom is -0.481 e. The van der Waals surface area contributed by atoms with Crippen LogP contribution < -0.4 is 0 Å². The van der Waals surface area contributed by atoms with Gasteiger partial charge in [0.25, 0.3) is 0 Å². The Morgan fingerprint density at radius 3 is 2.79 bits per heavy atom. The Morgan fingerprint density at radius 2 is 1.95 bits per heavy atom. The van der Waals surface area contributed by atoms with Crippen LogP contribution in [0.4, 0.5) is 0 Å². The van der Waals surface area contributed by atoms with E-state index in [1.165, 1.54) is 6.20 Å². The molecule has 2 aromatic carbocycles. The molecule has 1 N–H and O–H groups in total. The van der Waals surface area contributed by atoms with Gasteiger partial charge in [0.1, 0.15) is 0 Å². The molecule has 19 heavy (non-hydrogen) atoms. The number of carboxylic acid groups (broad SMARTS) is 1. The number of aliphatic carboxylic acids is 1. The molecule has 0 atom stereocenters. The summed E-state index contributed by atoms with van der Waals surface area (Å²) in [4.78, 5) is 10.8. The van der Waals surface area contributed by atoms with Crippen LogP contribution in [0.2, 0.25) is 0 Å². The third-order valence-corrected chi connectivity index (χ3v) is 2.95. The predicted molar refractivity (Wildman–Crippen MR) is 70.2 cm³/mol. The molecular weight excluding hydrogens is 242 g/mol. The minimum atomic E-state index is -0.899. The van der Waals surface area contributed by atoms with E-state index in [4.69, 9.17) is 5.11 Å². The molecule has 0 amide bonds. The quantitative estimate of drug-likeness (QED) is 0.775. The highest BCUT2D eigenvalue weighted by molar-refractivity contribution is 5.90. The predicted octanol–water partition coefficient (Wildman–Crippen LogP) is 2.05. The summed E-state index contributed by atoms with van der Waals surface area (Å²) in [5.74, 6) is -0.899. The van der Waals surface area contributed by atoms with Crippen molar-refractivity contribution in [2.45, 2.75) is 6.42 Å². The van der Waals surface area contributed by atoms with E-state index in [1.54, 1.807) is 4.68 Å². The van der Waals surface area contributed by atoms with Crippen molar-refractivity contribution in [2.75, 3.05) is 0 Å². The van der Waals surface area contributed by atoms with Crippen molar-refractivity contribution in [3.05, 3.63) is 54.4 Å². The first-order valence-corrected chi connectivity index (χ1v) is 5.85. The number of benzene rings is 2. The lowest BCUT2D eigenvalue weighted by atomic mass is 10.1. The first kappa shape index (κ1) is 11.4. The minimum absolute atomic E-state index is 0.101. The van der Waals surface area contributed by atoms with Gasteiger partial charge in [-0.2, -0.15) is 0 Å². The highest BCUT2D eigenvalue weighted by Gasteiger charge is 2.11. The number of hydrogen-bond donors (Lipinski definition) is 1. The van der Waals surface area contributed by atoms with E-state index in [0.29, 0.717) is 5.69 Å². The molecule has 5 heteroatoms. The second-order valence-electron chi connectivity index (χ2n) is 4.21. The lowest BCUT2D eigenvalue weighted by Gasteiger charge is -2.08. The van der Waals surface area contributed by atoms with Crippen molar-refractivity contribution in [1.29, 1.82) is 0 Å². The maximum Gasteiger partial charge on any atom is 0.309 e. The van der Waals surface area contributed by atoms with E-state index < -0.39 is 5.97 Å². The van der Waals surface area contributed by atoms with Gasteiger partial charge >= 0.3 is 5.97 Å². The van der Waals surface area contributed by atoms with Gasteiger partial charge in [-0.05, 0) is 11.5 Å². The van der Waals surface area contributed by atoms with E-state index in [0.717, 1.165) is 16.5 Å². The molecule has 0 aliphatic heterocycles. The largest absolute Gasteiger partial charge is 0.481 e. The first-order chi connectivity index (χ1) is 9.25. The highest BCUT2D eigenvalue weighted by Crippen LogP contribution is 2.22. The lowest BCUT2D eigenvalue weighted by molar-refractivity contribution is -0.136. The molecule has 5 nitrogen and oxygen atoms in total. The summed E-state index contributed by atoms with van der Waals surface area (Å²) >= 11 is 0. The summed E-state index contributed by atoms with van der Waals surface area (Å²) in [6.07, 6.45) is 1.38. The van der Waals surface area contributed by atoms with Gasteiger partial charge in [0.05, 0.1) is 24.0 Å². The van der Waals surface area contributed by atoms with E-state index in [1.807, 2.05) is 42.5 Å². The van der Waals surface area contributed by atoms with Gasteiger partial charge in [0, 0.05) is 5.39 Å². The second-order valence-corrected chi connectivity index (χ2v) is 4.21. The topological polar surface area (TPSA) is 68.0 Å². The summed E-state index contributed by atoms with van der Waals surface area (Å²) in [5.41, 5.74) is 1.40. The van der Waals surface area contributed by atoms with E-state index in [-0.39, 0.29) is 6.42 Å². The maximum absolute atomic E-state index is 10.8. The fraction of sp³-hybridized carbons (Fsp3) is 0.0714. The average molecular weight is 253 g/mol. The summed E-state index contributed by atoms with van der Waals surface area (Å²) in [6, 6.07) is 13.7. The molecule has 0 saturated carbocycles. The molecule has 0 fully saturated rings. The van der Waals surface area contributed by atoms with Crippen LogP contribution in [0, 0.1) is 0 Å². The molecule has 0 aliphatic carbocycles. The summed E-state index contributed by atoms with van der Waals surface area (Å²) in [7, 11) is 0. The molecule has 1 aromatic heterocycles. The van der Waals surface area contributed by atoms with Crippen LogP contribution in [0.1, 0.15) is 5.69 Å². The first-order valence-electron chi connectivity index (χ1n) is 5.85. The normalized spacial score (nSPS) is 10.7. The number of fused-ring (bicyclic) bond motifs is 1. The van der Waals surface area contributed by atoms with Gasteiger partial charge in [0.2, 0.25) is 0 Å². The van der Waals surface area contributed by atoms with Gasteiger partial charge in [-0.1, -0.05) is 41.6 Å². The lowest BCUT2D eigenvalue weighted by Crippen LogP contribution is -2.08. The van der Waals surface area contributed by atoms with Crippen molar-refractivity contribution in [3.8, 4) is 5.69 Å². The van der Waals surface area contributed by atoms with Crippen molar-refractivity contribution < 1.29 is 9.90 Å². The van der Waals surface area contributed by atoms with Gasteiger partial charge in [0.15, 0.2) is 0 Å². The monoisotopic (exact) mass is 253 g/mol.